The topological polar surface area (TPSA) is 36.9 Å². The lowest BCUT2D eigenvalue weighted by molar-refractivity contribution is -0.618. The van der Waals surface area contributed by atoms with Gasteiger partial charge in [-0.25, -0.2) is 4.89 Å². The van der Waals surface area contributed by atoms with Gasteiger partial charge in [0.25, 0.3) is 5.79 Å². The van der Waals surface area contributed by atoms with Crippen LogP contribution in [0.1, 0.15) is 33.3 Å². The average Bonchev–Trinajstić information content (AvgIpc) is 2.53. The number of hydrogen-bond acceptors (Lipinski definition) is 4. The maximum absolute atomic E-state index is 6.09. The van der Waals surface area contributed by atoms with Crippen LogP contribution in [0.2, 0.25) is 0 Å². The van der Waals surface area contributed by atoms with Gasteiger partial charge in [-0.3, -0.25) is 0 Å². The fraction of sp³-hybridized carbons (Fsp3) is 0.625. The van der Waals surface area contributed by atoms with Crippen molar-refractivity contribution in [3.8, 4) is 5.75 Å². The monoisotopic (exact) mass is 278 g/mol. The van der Waals surface area contributed by atoms with E-state index in [0.29, 0.717) is 6.61 Å². The quantitative estimate of drug-likeness (QED) is 0.795. The van der Waals surface area contributed by atoms with Crippen LogP contribution in [0, 0.1) is 11.3 Å². The molecule has 0 spiro atoms. The predicted octanol–water partition coefficient (Wildman–Crippen LogP) is 3.26. The van der Waals surface area contributed by atoms with Gasteiger partial charge in [0.15, 0.2) is 5.60 Å². The Morgan fingerprint density at radius 1 is 1.10 bits per heavy atom. The fourth-order valence-corrected chi connectivity index (χ4v) is 3.70. The molecule has 1 aromatic rings. The summed E-state index contributed by atoms with van der Waals surface area (Å²) in [4.78, 5) is 11.2. The van der Waals surface area contributed by atoms with Crippen molar-refractivity contribution in [1.29, 1.82) is 0 Å². The summed E-state index contributed by atoms with van der Waals surface area (Å²) in [5, 5.41) is 0. The van der Waals surface area contributed by atoms with E-state index in [1.54, 1.807) is 7.11 Å². The van der Waals surface area contributed by atoms with Gasteiger partial charge in [0, 0.05) is 11.0 Å². The lowest BCUT2D eigenvalue weighted by atomic mass is 9.64. The summed E-state index contributed by atoms with van der Waals surface area (Å²) >= 11 is 0. The summed E-state index contributed by atoms with van der Waals surface area (Å²) in [6, 6.07) is 7.82. The van der Waals surface area contributed by atoms with Gasteiger partial charge in [-0.15, -0.1) is 0 Å². The molecule has 1 aromatic carbocycles. The third kappa shape index (κ3) is 1.42. The SMILES string of the molecule is COc1ccc(C23OCC(C)(C)C2(C(C)C)OO3)cc1. The van der Waals surface area contributed by atoms with Gasteiger partial charge < -0.3 is 9.47 Å². The fourth-order valence-electron chi connectivity index (χ4n) is 3.70. The third-order valence-electron chi connectivity index (χ3n) is 4.70. The second-order valence-electron chi connectivity index (χ2n) is 6.57. The van der Waals surface area contributed by atoms with Crippen molar-refractivity contribution >= 4 is 0 Å². The maximum atomic E-state index is 6.09. The van der Waals surface area contributed by atoms with Crippen LogP contribution < -0.4 is 4.74 Å². The highest BCUT2D eigenvalue weighted by Crippen LogP contribution is 2.65. The zero-order valence-corrected chi connectivity index (χ0v) is 12.7. The number of hydrogen-bond donors (Lipinski definition) is 0. The molecule has 2 atom stereocenters. The Labute approximate surface area is 119 Å². The third-order valence-corrected chi connectivity index (χ3v) is 4.70. The van der Waals surface area contributed by atoms with E-state index in [0.717, 1.165) is 11.3 Å². The normalized spacial score (nSPS) is 34.7. The molecule has 2 saturated heterocycles. The molecular formula is C16H22O4. The van der Waals surface area contributed by atoms with Crippen LogP contribution in [0.3, 0.4) is 0 Å². The highest BCUT2D eigenvalue weighted by atomic mass is 17.3. The Morgan fingerprint density at radius 3 is 2.20 bits per heavy atom. The molecule has 2 unspecified atom stereocenters. The molecule has 0 N–H and O–H groups in total. The first-order valence-electron chi connectivity index (χ1n) is 7.05. The first kappa shape index (κ1) is 13.9. The van der Waals surface area contributed by atoms with E-state index >= 15 is 0 Å². The van der Waals surface area contributed by atoms with Crippen LogP contribution in [0.5, 0.6) is 5.75 Å². The van der Waals surface area contributed by atoms with Crippen molar-refractivity contribution in [3.05, 3.63) is 29.8 Å². The molecule has 2 fully saturated rings. The largest absolute Gasteiger partial charge is 0.497 e. The van der Waals surface area contributed by atoms with Crippen LogP contribution >= 0.6 is 0 Å². The number of methoxy groups -OCH3 is 1. The van der Waals surface area contributed by atoms with Crippen molar-refractivity contribution in [3.63, 3.8) is 0 Å². The summed E-state index contributed by atoms with van der Waals surface area (Å²) in [5.41, 5.74) is 0.400. The highest BCUT2D eigenvalue weighted by molar-refractivity contribution is 5.35. The van der Waals surface area contributed by atoms with Crippen molar-refractivity contribution in [2.45, 2.75) is 39.1 Å². The molecule has 0 aromatic heterocycles. The molecule has 110 valence electrons. The molecule has 2 aliphatic heterocycles. The molecular weight excluding hydrogens is 256 g/mol. The summed E-state index contributed by atoms with van der Waals surface area (Å²) in [7, 11) is 1.66. The van der Waals surface area contributed by atoms with E-state index in [1.165, 1.54) is 0 Å². The minimum atomic E-state index is -0.809. The molecule has 0 amide bonds. The number of fused-ring (bicyclic) bond motifs is 1. The van der Waals surface area contributed by atoms with Gasteiger partial charge in [0.1, 0.15) is 5.75 Å². The van der Waals surface area contributed by atoms with Crippen LogP contribution in [0.15, 0.2) is 24.3 Å². The zero-order chi connectivity index (χ0) is 14.6. The molecule has 4 nitrogen and oxygen atoms in total. The average molecular weight is 278 g/mol. The van der Waals surface area contributed by atoms with Gasteiger partial charge in [-0.05, 0) is 30.2 Å². The number of ether oxygens (including phenoxy) is 2. The summed E-state index contributed by atoms with van der Waals surface area (Å²) < 4.78 is 11.3. The first-order chi connectivity index (χ1) is 9.39. The lowest BCUT2D eigenvalue weighted by Crippen LogP contribution is -2.69. The van der Waals surface area contributed by atoms with Crippen LogP contribution in [0.25, 0.3) is 0 Å². The smallest absolute Gasteiger partial charge is 0.261 e. The van der Waals surface area contributed by atoms with E-state index < -0.39 is 11.4 Å². The molecule has 20 heavy (non-hydrogen) atoms. The molecule has 2 heterocycles. The molecule has 3 rings (SSSR count). The first-order valence-corrected chi connectivity index (χ1v) is 7.05. The maximum Gasteiger partial charge on any atom is 0.261 e. The summed E-state index contributed by atoms with van der Waals surface area (Å²) in [5.74, 6) is 0.283. The Balaban J connectivity index is 2.07. The second-order valence-corrected chi connectivity index (χ2v) is 6.57. The Bertz CT molecular complexity index is 508. The Kier molecular flexibility index (Phi) is 2.91. The van der Waals surface area contributed by atoms with E-state index in [2.05, 4.69) is 27.7 Å². The number of rotatable bonds is 3. The molecule has 2 aliphatic rings. The van der Waals surface area contributed by atoms with Gasteiger partial charge >= 0.3 is 0 Å². The zero-order valence-electron chi connectivity index (χ0n) is 12.7. The van der Waals surface area contributed by atoms with Crippen molar-refractivity contribution < 1.29 is 19.2 Å². The van der Waals surface area contributed by atoms with Gasteiger partial charge in [0.05, 0.1) is 13.7 Å². The van der Waals surface area contributed by atoms with Crippen molar-refractivity contribution in [2.24, 2.45) is 11.3 Å². The van der Waals surface area contributed by atoms with E-state index in [-0.39, 0.29) is 11.3 Å². The van der Waals surface area contributed by atoms with E-state index in [4.69, 9.17) is 19.2 Å². The van der Waals surface area contributed by atoms with Gasteiger partial charge in [0.2, 0.25) is 0 Å². The van der Waals surface area contributed by atoms with Gasteiger partial charge in [-0.1, -0.05) is 27.7 Å². The van der Waals surface area contributed by atoms with Crippen LogP contribution in [-0.2, 0) is 20.3 Å². The molecule has 0 aliphatic carbocycles. The summed E-state index contributed by atoms with van der Waals surface area (Å²) in [6.07, 6.45) is 0. The van der Waals surface area contributed by atoms with Crippen LogP contribution in [-0.4, -0.2) is 19.3 Å². The minimum absolute atomic E-state index is 0.112. The van der Waals surface area contributed by atoms with Crippen LogP contribution in [0.4, 0.5) is 0 Å². The van der Waals surface area contributed by atoms with Crippen molar-refractivity contribution in [2.75, 3.05) is 13.7 Å². The van der Waals surface area contributed by atoms with E-state index in [1.807, 2.05) is 24.3 Å². The van der Waals surface area contributed by atoms with Gasteiger partial charge in [-0.2, -0.15) is 4.89 Å². The molecule has 0 radical (unpaired) electrons. The highest BCUT2D eigenvalue weighted by Gasteiger charge is 2.78. The molecule has 0 saturated carbocycles. The minimum Gasteiger partial charge on any atom is -0.497 e. The second kappa shape index (κ2) is 4.20. The van der Waals surface area contributed by atoms with Crippen molar-refractivity contribution in [1.82, 2.24) is 0 Å². The Hall–Kier alpha value is -1.10. The Morgan fingerprint density at radius 2 is 1.75 bits per heavy atom. The standard InChI is InChI=1S/C16H22O4/c1-11(2)15-14(3,4)10-18-16(15,20-19-15)12-6-8-13(17-5)9-7-12/h6-9,11H,10H2,1-5H3. The lowest BCUT2D eigenvalue weighted by Gasteiger charge is -2.57. The predicted molar refractivity (Wildman–Crippen MR) is 74.1 cm³/mol. The van der Waals surface area contributed by atoms with E-state index in [9.17, 15) is 0 Å². The molecule has 0 bridgehead atoms. The molecule has 4 heteroatoms. The number of benzene rings is 1. The summed E-state index contributed by atoms with van der Waals surface area (Å²) in [6.45, 7) is 9.24.